The maximum Gasteiger partial charge on any atom is 0.253 e. The van der Waals surface area contributed by atoms with Crippen LogP contribution in [-0.2, 0) is 0 Å². The quantitative estimate of drug-likeness (QED) is 0.437. The summed E-state index contributed by atoms with van der Waals surface area (Å²) in [5.41, 5.74) is 1.91. The first kappa shape index (κ1) is 16.3. The second kappa shape index (κ2) is 8.46. The molecule has 0 amide bonds. The van der Waals surface area contributed by atoms with Crippen molar-refractivity contribution in [2.24, 2.45) is 0 Å². The lowest BCUT2D eigenvalue weighted by Gasteiger charge is -2.24. The number of hydrogen-bond acceptors (Lipinski definition) is 9. The molecule has 20 heavy (non-hydrogen) atoms. The molecule has 1 aromatic rings. The summed E-state index contributed by atoms with van der Waals surface area (Å²) in [6.45, 7) is 5.76. The van der Waals surface area contributed by atoms with Gasteiger partial charge in [-0.25, -0.2) is 5.48 Å². The summed E-state index contributed by atoms with van der Waals surface area (Å²) >= 11 is 0. The van der Waals surface area contributed by atoms with Gasteiger partial charge in [-0.15, -0.1) is 0 Å². The molecule has 9 nitrogen and oxygen atoms in total. The van der Waals surface area contributed by atoms with Crippen molar-refractivity contribution >= 4 is 17.8 Å². The molecule has 4 N–H and O–H groups in total. The Morgan fingerprint density at radius 3 is 1.80 bits per heavy atom. The largest absolute Gasteiger partial charge is 0.395 e. The standard InChI is InChI=1S/C11H22N6O3/c1-3-16(4-2)10-12-9(15-20)13-11(14-10)17(5-7-18)6-8-19/h18-20H,3-8H2,1-2H3,(H,12,13,14,15). The van der Waals surface area contributed by atoms with Gasteiger partial charge in [0.05, 0.1) is 13.2 Å². The topological polar surface area (TPSA) is 118 Å². The normalized spacial score (nSPS) is 10.4. The van der Waals surface area contributed by atoms with E-state index in [0.717, 1.165) is 0 Å². The Morgan fingerprint density at radius 2 is 1.40 bits per heavy atom. The van der Waals surface area contributed by atoms with Crippen molar-refractivity contribution in [1.29, 1.82) is 0 Å². The molecule has 0 saturated heterocycles. The predicted octanol–water partition coefficient (Wildman–Crippen LogP) is -0.690. The van der Waals surface area contributed by atoms with Gasteiger partial charge in [0, 0.05) is 26.2 Å². The van der Waals surface area contributed by atoms with E-state index in [1.54, 1.807) is 4.90 Å². The summed E-state index contributed by atoms with van der Waals surface area (Å²) in [5, 5.41) is 27.1. The van der Waals surface area contributed by atoms with E-state index in [4.69, 9.17) is 15.4 Å². The number of aliphatic hydroxyl groups excluding tert-OH is 2. The Hall–Kier alpha value is -1.71. The second-order valence-corrected chi connectivity index (χ2v) is 3.98. The lowest BCUT2D eigenvalue weighted by atomic mass is 10.5. The van der Waals surface area contributed by atoms with Crippen LogP contribution in [0.3, 0.4) is 0 Å². The molecule has 0 atom stereocenters. The molecule has 0 fully saturated rings. The van der Waals surface area contributed by atoms with Crippen LogP contribution in [0.25, 0.3) is 0 Å². The summed E-state index contributed by atoms with van der Waals surface area (Å²) in [6, 6.07) is 0. The maximum atomic E-state index is 9.05. The van der Waals surface area contributed by atoms with Gasteiger partial charge in [0.15, 0.2) is 0 Å². The van der Waals surface area contributed by atoms with Gasteiger partial charge < -0.3 is 20.0 Å². The molecule has 0 aliphatic rings. The van der Waals surface area contributed by atoms with Gasteiger partial charge in [-0.1, -0.05) is 0 Å². The molecule has 0 aliphatic heterocycles. The number of anilines is 3. The van der Waals surface area contributed by atoms with Crippen LogP contribution in [-0.4, -0.2) is 69.8 Å². The first-order valence-electron chi connectivity index (χ1n) is 6.57. The van der Waals surface area contributed by atoms with E-state index in [1.165, 1.54) is 0 Å². The van der Waals surface area contributed by atoms with Crippen molar-refractivity contribution in [3.8, 4) is 0 Å². The number of aliphatic hydroxyl groups is 2. The second-order valence-electron chi connectivity index (χ2n) is 3.98. The van der Waals surface area contributed by atoms with Gasteiger partial charge in [-0.3, -0.25) is 5.21 Å². The minimum absolute atomic E-state index is 0.0257. The predicted molar refractivity (Wildman–Crippen MR) is 75.2 cm³/mol. The van der Waals surface area contributed by atoms with Crippen LogP contribution in [0.4, 0.5) is 17.8 Å². The van der Waals surface area contributed by atoms with E-state index in [9.17, 15) is 0 Å². The van der Waals surface area contributed by atoms with Crippen molar-refractivity contribution in [3.63, 3.8) is 0 Å². The first-order chi connectivity index (χ1) is 9.69. The highest BCUT2D eigenvalue weighted by Crippen LogP contribution is 2.16. The third-order valence-corrected chi connectivity index (χ3v) is 2.78. The average Bonchev–Trinajstić information content (AvgIpc) is 2.48. The fourth-order valence-electron chi connectivity index (χ4n) is 1.75. The van der Waals surface area contributed by atoms with Crippen LogP contribution in [0.2, 0.25) is 0 Å². The zero-order valence-electron chi connectivity index (χ0n) is 11.8. The van der Waals surface area contributed by atoms with Crippen LogP contribution >= 0.6 is 0 Å². The van der Waals surface area contributed by atoms with Crippen molar-refractivity contribution < 1.29 is 15.4 Å². The average molecular weight is 286 g/mol. The Kier molecular flexibility index (Phi) is 6.91. The molecule has 1 heterocycles. The Bertz CT molecular complexity index is 396. The lowest BCUT2D eigenvalue weighted by Crippen LogP contribution is -2.33. The van der Waals surface area contributed by atoms with Gasteiger partial charge in [0.2, 0.25) is 11.9 Å². The summed E-state index contributed by atoms with van der Waals surface area (Å²) in [7, 11) is 0. The molecule has 0 spiro atoms. The molecule has 114 valence electrons. The van der Waals surface area contributed by atoms with E-state index >= 15 is 0 Å². The van der Waals surface area contributed by atoms with Crippen molar-refractivity contribution in [3.05, 3.63) is 0 Å². The summed E-state index contributed by atoms with van der Waals surface area (Å²) in [4.78, 5) is 16.0. The molecular weight excluding hydrogens is 264 g/mol. The molecule has 0 aliphatic carbocycles. The highest BCUT2D eigenvalue weighted by Gasteiger charge is 2.15. The number of nitrogens with one attached hydrogen (secondary N) is 1. The monoisotopic (exact) mass is 286 g/mol. The number of hydrogen-bond donors (Lipinski definition) is 4. The van der Waals surface area contributed by atoms with Crippen LogP contribution in [0.15, 0.2) is 0 Å². The molecule has 1 rings (SSSR count). The number of rotatable bonds is 9. The van der Waals surface area contributed by atoms with Gasteiger partial charge in [-0.2, -0.15) is 15.0 Å². The highest BCUT2D eigenvalue weighted by molar-refractivity contribution is 5.44. The van der Waals surface area contributed by atoms with Crippen LogP contribution in [0.1, 0.15) is 13.8 Å². The molecule has 0 saturated carbocycles. The smallest absolute Gasteiger partial charge is 0.253 e. The Morgan fingerprint density at radius 1 is 0.900 bits per heavy atom. The van der Waals surface area contributed by atoms with Gasteiger partial charge in [-0.05, 0) is 13.8 Å². The molecule has 9 heteroatoms. The summed E-state index contributed by atoms with van der Waals surface area (Å²) in [5.74, 6) is 0.747. The van der Waals surface area contributed by atoms with Crippen molar-refractivity contribution in [1.82, 2.24) is 15.0 Å². The molecule has 0 unspecified atom stereocenters. The number of nitrogens with zero attached hydrogens (tertiary/aromatic N) is 5. The minimum atomic E-state index is -0.0891. The van der Waals surface area contributed by atoms with Crippen LogP contribution in [0, 0.1) is 0 Å². The third kappa shape index (κ3) is 4.15. The van der Waals surface area contributed by atoms with E-state index < -0.39 is 0 Å². The molecular formula is C11H22N6O3. The lowest BCUT2D eigenvalue weighted by molar-refractivity contribution is 0.280. The summed E-state index contributed by atoms with van der Waals surface area (Å²) < 4.78 is 0. The van der Waals surface area contributed by atoms with E-state index in [-0.39, 0.29) is 32.3 Å². The fourth-order valence-corrected chi connectivity index (χ4v) is 1.75. The van der Waals surface area contributed by atoms with E-state index in [0.29, 0.717) is 25.0 Å². The molecule has 1 aromatic heterocycles. The van der Waals surface area contributed by atoms with E-state index in [2.05, 4.69) is 15.0 Å². The highest BCUT2D eigenvalue weighted by atomic mass is 16.5. The van der Waals surface area contributed by atoms with E-state index in [1.807, 2.05) is 24.2 Å². The first-order valence-corrected chi connectivity index (χ1v) is 6.57. The Balaban J connectivity index is 3.13. The third-order valence-electron chi connectivity index (χ3n) is 2.78. The van der Waals surface area contributed by atoms with Crippen molar-refractivity contribution in [2.45, 2.75) is 13.8 Å². The zero-order valence-corrected chi connectivity index (χ0v) is 11.8. The zero-order chi connectivity index (χ0) is 15.0. The molecule has 0 bridgehead atoms. The fraction of sp³-hybridized carbons (Fsp3) is 0.727. The number of aromatic nitrogens is 3. The molecule has 0 aromatic carbocycles. The van der Waals surface area contributed by atoms with Crippen LogP contribution in [0.5, 0.6) is 0 Å². The van der Waals surface area contributed by atoms with Gasteiger partial charge in [0.25, 0.3) is 5.95 Å². The molecule has 0 radical (unpaired) electrons. The Labute approximate surface area is 117 Å². The summed E-state index contributed by atoms with van der Waals surface area (Å²) in [6.07, 6.45) is 0. The SMILES string of the molecule is CCN(CC)c1nc(NO)nc(N(CCO)CCO)n1. The van der Waals surface area contributed by atoms with Crippen LogP contribution < -0.4 is 15.3 Å². The van der Waals surface area contributed by atoms with Crippen molar-refractivity contribution in [2.75, 3.05) is 54.7 Å². The van der Waals surface area contributed by atoms with Gasteiger partial charge in [0.1, 0.15) is 0 Å². The van der Waals surface area contributed by atoms with Gasteiger partial charge >= 0.3 is 0 Å². The minimum Gasteiger partial charge on any atom is -0.395 e. The maximum absolute atomic E-state index is 9.05.